The van der Waals surface area contributed by atoms with E-state index < -0.39 is 0 Å². The third-order valence-corrected chi connectivity index (χ3v) is 1.98. The summed E-state index contributed by atoms with van der Waals surface area (Å²) in [6.45, 7) is 9.02. The Hall–Kier alpha value is -0.120. The van der Waals surface area contributed by atoms with Gasteiger partial charge in [-0.3, -0.25) is 0 Å². The molecule has 0 aromatic heterocycles. The fourth-order valence-electron chi connectivity index (χ4n) is 1.06. The average molecular weight is 189 g/mol. The van der Waals surface area contributed by atoms with E-state index in [9.17, 15) is 0 Å². The molecule has 0 aliphatic heterocycles. The predicted octanol–water partition coefficient (Wildman–Crippen LogP) is 0.877. The van der Waals surface area contributed by atoms with E-state index in [4.69, 9.17) is 9.84 Å². The molecule has 13 heavy (non-hydrogen) atoms. The summed E-state index contributed by atoms with van der Waals surface area (Å²) in [5, 5.41) is 12.3. The average Bonchev–Trinajstić information content (AvgIpc) is 2.05. The maximum Gasteiger partial charge on any atom is 0.0499 e. The van der Waals surface area contributed by atoms with E-state index in [1.54, 1.807) is 7.11 Å². The lowest BCUT2D eigenvalue weighted by atomic mass is 9.95. The first-order chi connectivity index (χ1) is 6.02. The van der Waals surface area contributed by atoms with Crippen LogP contribution in [-0.4, -0.2) is 38.5 Å². The van der Waals surface area contributed by atoms with Crippen LogP contribution in [0.1, 0.15) is 20.8 Å². The molecule has 3 heteroatoms. The summed E-state index contributed by atoms with van der Waals surface area (Å²) in [5.74, 6) is 0.527. The summed E-state index contributed by atoms with van der Waals surface area (Å²) in [6.07, 6.45) is 0. The van der Waals surface area contributed by atoms with Crippen LogP contribution in [0.5, 0.6) is 0 Å². The minimum atomic E-state index is -0.0210. The van der Waals surface area contributed by atoms with E-state index in [0.29, 0.717) is 5.92 Å². The smallest absolute Gasteiger partial charge is 0.0499 e. The fraction of sp³-hybridized carbons (Fsp3) is 1.00. The van der Waals surface area contributed by atoms with Gasteiger partial charge < -0.3 is 15.2 Å². The van der Waals surface area contributed by atoms with Crippen molar-refractivity contribution in [3.63, 3.8) is 0 Å². The number of nitrogens with one attached hydrogen (secondary N) is 1. The molecular formula is C10H23NO2. The summed E-state index contributed by atoms with van der Waals surface area (Å²) < 4.78 is 5.02. The largest absolute Gasteiger partial charge is 0.396 e. The molecule has 0 rings (SSSR count). The van der Waals surface area contributed by atoms with Crippen LogP contribution in [0, 0.1) is 11.3 Å². The Bertz CT molecular complexity index is 126. The Morgan fingerprint density at radius 1 is 1.46 bits per heavy atom. The molecule has 2 N–H and O–H groups in total. The summed E-state index contributed by atoms with van der Waals surface area (Å²) in [4.78, 5) is 0. The molecule has 0 spiro atoms. The Labute approximate surface area is 81.5 Å². The Balaban J connectivity index is 3.44. The van der Waals surface area contributed by atoms with Gasteiger partial charge in [0.15, 0.2) is 0 Å². The molecular weight excluding hydrogens is 166 g/mol. The van der Waals surface area contributed by atoms with Crippen molar-refractivity contribution >= 4 is 0 Å². The molecule has 0 radical (unpaired) electrons. The van der Waals surface area contributed by atoms with E-state index >= 15 is 0 Å². The first-order valence-corrected chi connectivity index (χ1v) is 4.82. The van der Waals surface area contributed by atoms with Crippen molar-refractivity contribution in [2.75, 3.05) is 33.4 Å². The number of methoxy groups -OCH3 is 1. The van der Waals surface area contributed by atoms with Crippen LogP contribution in [0.4, 0.5) is 0 Å². The zero-order valence-electron chi connectivity index (χ0n) is 9.26. The lowest BCUT2D eigenvalue weighted by Crippen LogP contribution is -2.35. The molecule has 0 saturated heterocycles. The summed E-state index contributed by atoms with van der Waals surface area (Å²) in [7, 11) is 1.72. The molecule has 0 aliphatic carbocycles. The second-order valence-electron chi connectivity index (χ2n) is 4.51. The molecule has 1 unspecified atom stereocenters. The maximum absolute atomic E-state index is 9.00. The van der Waals surface area contributed by atoms with Crippen molar-refractivity contribution in [3.05, 3.63) is 0 Å². The van der Waals surface area contributed by atoms with Gasteiger partial charge in [-0.05, 0) is 12.5 Å². The molecule has 0 saturated carbocycles. The Kier molecular flexibility index (Phi) is 6.29. The van der Waals surface area contributed by atoms with Gasteiger partial charge in [-0.25, -0.2) is 0 Å². The van der Waals surface area contributed by atoms with Gasteiger partial charge in [-0.2, -0.15) is 0 Å². The van der Waals surface area contributed by atoms with Crippen LogP contribution < -0.4 is 5.32 Å². The van der Waals surface area contributed by atoms with E-state index in [0.717, 1.165) is 19.7 Å². The topological polar surface area (TPSA) is 41.5 Å². The zero-order chi connectivity index (χ0) is 10.3. The van der Waals surface area contributed by atoms with Gasteiger partial charge in [0.25, 0.3) is 0 Å². The van der Waals surface area contributed by atoms with Crippen LogP contribution in [-0.2, 0) is 4.74 Å². The van der Waals surface area contributed by atoms with Gasteiger partial charge in [0.1, 0.15) is 0 Å². The minimum absolute atomic E-state index is 0.0210. The van der Waals surface area contributed by atoms with Crippen molar-refractivity contribution in [1.82, 2.24) is 5.32 Å². The zero-order valence-corrected chi connectivity index (χ0v) is 9.26. The van der Waals surface area contributed by atoms with Gasteiger partial charge in [-0.15, -0.1) is 0 Å². The Morgan fingerprint density at radius 2 is 2.08 bits per heavy atom. The van der Waals surface area contributed by atoms with E-state index in [-0.39, 0.29) is 12.0 Å². The first kappa shape index (κ1) is 12.9. The highest BCUT2D eigenvalue weighted by atomic mass is 16.5. The van der Waals surface area contributed by atoms with Crippen molar-refractivity contribution < 1.29 is 9.84 Å². The third-order valence-electron chi connectivity index (χ3n) is 1.98. The van der Waals surface area contributed by atoms with Crippen LogP contribution >= 0.6 is 0 Å². The van der Waals surface area contributed by atoms with Crippen molar-refractivity contribution in [2.24, 2.45) is 11.3 Å². The summed E-state index contributed by atoms with van der Waals surface area (Å²) >= 11 is 0. The van der Waals surface area contributed by atoms with Gasteiger partial charge in [0.2, 0.25) is 0 Å². The van der Waals surface area contributed by atoms with Crippen LogP contribution in [0.25, 0.3) is 0 Å². The third kappa shape index (κ3) is 6.99. The molecule has 1 atom stereocenters. The minimum Gasteiger partial charge on any atom is -0.396 e. The molecule has 0 aliphatic rings. The standard InChI is InChI=1S/C10H23NO2/c1-9(6-13-4)5-11-7-10(2,3)8-12/h9,11-12H,5-8H2,1-4H3. The second kappa shape index (κ2) is 6.35. The number of hydrogen-bond acceptors (Lipinski definition) is 3. The predicted molar refractivity (Wildman–Crippen MR) is 54.8 cm³/mol. The molecule has 0 aromatic rings. The Morgan fingerprint density at radius 3 is 2.54 bits per heavy atom. The monoisotopic (exact) mass is 189 g/mol. The molecule has 0 amide bonds. The maximum atomic E-state index is 9.00. The van der Waals surface area contributed by atoms with Crippen molar-refractivity contribution in [2.45, 2.75) is 20.8 Å². The van der Waals surface area contributed by atoms with Crippen LogP contribution in [0.3, 0.4) is 0 Å². The molecule has 80 valence electrons. The number of hydrogen-bond donors (Lipinski definition) is 2. The lowest BCUT2D eigenvalue weighted by Gasteiger charge is -2.23. The van der Waals surface area contributed by atoms with Gasteiger partial charge in [-0.1, -0.05) is 20.8 Å². The van der Waals surface area contributed by atoms with E-state index in [1.807, 2.05) is 13.8 Å². The lowest BCUT2D eigenvalue weighted by molar-refractivity contribution is 0.141. The number of ether oxygens (including phenoxy) is 1. The summed E-state index contributed by atoms with van der Waals surface area (Å²) in [5.41, 5.74) is -0.0210. The highest BCUT2D eigenvalue weighted by Crippen LogP contribution is 2.11. The molecule has 0 heterocycles. The first-order valence-electron chi connectivity index (χ1n) is 4.82. The normalized spacial score (nSPS) is 14.5. The summed E-state index contributed by atoms with van der Waals surface area (Å²) in [6, 6.07) is 0. The van der Waals surface area contributed by atoms with E-state index in [2.05, 4.69) is 12.2 Å². The van der Waals surface area contributed by atoms with Crippen molar-refractivity contribution in [3.8, 4) is 0 Å². The van der Waals surface area contributed by atoms with Crippen molar-refractivity contribution in [1.29, 1.82) is 0 Å². The van der Waals surface area contributed by atoms with Gasteiger partial charge in [0, 0.05) is 32.3 Å². The second-order valence-corrected chi connectivity index (χ2v) is 4.51. The number of aliphatic hydroxyl groups is 1. The SMILES string of the molecule is COCC(C)CNCC(C)(C)CO. The van der Waals surface area contributed by atoms with Crippen LogP contribution in [0.2, 0.25) is 0 Å². The molecule has 0 aromatic carbocycles. The molecule has 0 bridgehead atoms. The quantitative estimate of drug-likeness (QED) is 0.624. The van der Waals surface area contributed by atoms with Gasteiger partial charge in [0.05, 0.1) is 0 Å². The number of aliphatic hydroxyl groups excluding tert-OH is 1. The highest BCUT2D eigenvalue weighted by molar-refractivity contribution is 4.70. The number of rotatable bonds is 7. The fourth-order valence-corrected chi connectivity index (χ4v) is 1.06. The molecule has 3 nitrogen and oxygen atoms in total. The van der Waals surface area contributed by atoms with E-state index in [1.165, 1.54) is 0 Å². The highest BCUT2D eigenvalue weighted by Gasteiger charge is 2.15. The van der Waals surface area contributed by atoms with Gasteiger partial charge >= 0.3 is 0 Å². The van der Waals surface area contributed by atoms with Crippen LogP contribution in [0.15, 0.2) is 0 Å². The molecule has 0 fully saturated rings.